The Bertz CT molecular complexity index is 910. The quantitative estimate of drug-likeness (QED) is 0.640. The highest BCUT2D eigenvalue weighted by molar-refractivity contribution is 5.66. The number of hydrogen-bond donors (Lipinski definition) is 0. The molecule has 0 aliphatic rings. The molecule has 0 radical (unpaired) electrons. The van der Waals surface area contributed by atoms with Crippen LogP contribution in [0.3, 0.4) is 0 Å². The van der Waals surface area contributed by atoms with Crippen molar-refractivity contribution in [2.24, 2.45) is 0 Å². The molecule has 7 heteroatoms. The number of halogens is 3. The molecular formula is C16H15F3N4. The van der Waals surface area contributed by atoms with Gasteiger partial charge in [0, 0.05) is 5.56 Å². The Labute approximate surface area is 131 Å². The van der Waals surface area contributed by atoms with E-state index in [4.69, 9.17) is 0 Å². The number of aromatic nitrogens is 4. The summed E-state index contributed by atoms with van der Waals surface area (Å²) < 4.78 is 43.0. The Hall–Kier alpha value is -2.44. The van der Waals surface area contributed by atoms with E-state index in [2.05, 4.69) is 15.3 Å². The Kier molecular flexibility index (Phi) is 3.39. The van der Waals surface area contributed by atoms with Gasteiger partial charge in [0.05, 0.1) is 23.0 Å². The summed E-state index contributed by atoms with van der Waals surface area (Å²) in [6.07, 6.45) is 1.62. The molecule has 0 saturated carbocycles. The lowest BCUT2D eigenvalue weighted by atomic mass is 9.88. The van der Waals surface area contributed by atoms with Gasteiger partial charge in [-0.25, -0.2) is 17.7 Å². The molecule has 4 nitrogen and oxygen atoms in total. The van der Waals surface area contributed by atoms with Crippen LogP contribution in [0.25, 0.3) is 16.9 Å². The first kappa shape index (κ1) is 15.5. The molecule has 0 aliphatic heterocycles. The number of hydrogen-bond acceptors (Lipinski definition) is 3. The zero-order valence-corrected chi connectivity index (χ0v) is 13.2. The lowest BCUT2D eigenvalue weighted by molar-refractivity contribution is 0.497. The van der Waals surface area contributed by atoms with Crippen molar-refractivity contribution >= 4 is 5.52 Å². The monoisotopic (exact) mass is 320 g/mol. The van der Waals surface area contributed by atoms with Crippen LogP contribution in [0.2, 0.25) is 0 Å². The van der Waals surface area contributed by atoms with Crippen LogP contribution in [0.4, 0.5) is 13.2 Å². The Morgan fingerprint density at radius 1 is 1.00 bits per heavy atom. The lowest BCUT2D eigenvalue weighted by Crippen LogP contribution is -2.12. The number of benzene rings is 1. The summed E-state index contributed by atoms with van der Waals surface area (Å²) in [6, 6.07) is 1.59. The number of nitrogens with zero attached hydrogens (tertiary/aromatic N) is 4. The standard InChI is InChI=1S/C16H15F3N4/c1-8-14-9(16(2,3)4)7-20-23(14)15(22-21-8)12-10(17)5-6-11(18)13(12)19/h5-7H,1-4H3. The highest BCUT2D eigenvalue weighted by Crippen LogP contribution is 2.31. The van der Waals surface area contributed by atoms with Gasteiger partial charge in [-0.1, -0.05) is 20.8 Å². The predicted octanol–water partition coefficient (Wildman–Crippen LogP) is 3.81. The van der Waals surface area contributed by atoms with E-state index in [1.165, 1.54) is 4.52 Å². The molecule has 2 aromatic heterocycles. The summed E-state index contributed by atoms with van der Waals surface area (Å²) >= 11 is 0. The molecule has 1 aromatic carbocycles. The first-order chi connectivity index (χ1) is 10.7. The van der Waals surface area contributed by atoms with Crippen molar-refractivity contribution in [3.05, 3.63) is 47.0 Å². The van der Waals surface area contributed by atoms with Gasteiger partial charge < -0.3 is 0 Å². The van der Waals surface area contributed by atoms with Crippen molar-refractivity contribution in [3.8, 4) is 11.4 Å². The van der Waals surface area contributed by atoms with Gasteiger partial charge in [-0.2, -0.15) is 10.2 Å². The van der Waals surface area contributed by atoms with E-state index in [9.17, 15) is 13.2 Å². The summed E-state index contributed by atoms with van der Waals surface area (Å²) in [5, 5.41) is 12.0. The summed E-state index contributed by atoms with van der Waals surface area (Å²) in [4.78, 5) is 0. The van der Waals surface area contributed by atoms with Gasteiger partial charge in [0.25, 0.3) is 0 Å². The van der Waals surface area contributed by atoms with Crippen LogP contribution >= 0.6 is 0 Å². The molecule has 0 N–H and O–H groups in total. The molecule has 0 fully saturated rings. The van der Waals surface area contributed by atoms with E-state index in [1.807, 2.05) is 20.8 Å². The zero-order valence-electron chi connectivity index (χ0n) is 13.2. The SMILES string of the molecule is Cc1nnc(-c2c(F)ccc(F)c2F)n2ncc(C(C)(C)C)c12. The first-order valence-corrected chi connectivity index (χ1v) is 7.07. The molecule has 3 aromatic rings. The lowest BCUT2D eigenvalue weighted by Gasteiger charge is -2.17. The molecule has 0 unspecified atom stereocenters. The third-order valence-corrected chi connectivity index (χ3v) is 3.68. The van der Waals surface area contributed by atoms with Gasteiger partial charge in [-0.15, -0.1) is 5.10 Å². The van der Waals surface area contributed by atoms with Crippen molar-refractivity contribution < 1.29 is 13.2 Å². The van der Waals surface area contributed by atoms with E-state index < -0.39 is 23.0 Å². The van der Waals surface area contributed by atoms with Gasteiger partial charge in [0.15, 0.2) is 17.5 Å². The van der Waals surface area contributed by atoms with Gasteiger partial charge >= 0.3 is 0 Å². The van der Waals surface area contributed by atoms with Crippen molar-refractivity contribution in [2.45, 2.75) is 33.1 Å². The second-order valence-electron chi connectivity index (χ2n) is 6.40. The maximum absolute atomic E-state index is 14.1. The van der Waals surface area contributed by atoms with Crippen LogP contribution in [-0.4, -0.2) is 19.8 Å². The van der Waals surface area contributed by atoms with Crippen LogP contribution in [0, 0.1) is 24.4 Å². The first-order valence-electron chi connectivity index (χ1n) is 7.07. The molecule has 0 saturated heterocycles. The average Bonchev–Trinajstić information content (AvgIpc) is 2.91. The largest absolute Gasteiger partial charge is 0.211 e. The molecule has 0 atom stereocenters. The summed E-state index contributed by atoms with van der Waals surface area (Å²) in [7, 11) is 0. The molecular weight excluding hydrogens is 305 g/mol. The second kappa shape index (κ2) is 5.04. The van der Waals surface area contributed by atoms with Gasteiger partial charge in [0.2, 0.25) is 0 Å². The maximum Gasteiger partial charge on any atom is 0.189 e. The van der Waals surface area contributed by atoms with E-state index >= 15 is 0 Å². The van der Waals surface area contributed by atoms with E-state index in [-0.39, 0.29) is 11.2 Å². The summed E-state index contributed by atoms with van der Waals surface area (Å²) in [5.74, 6) is -3.55. The molecule has 0 bridgehead atoms. The third-order valence-electron chi connectivity index (χ3n) is 3.68. The van der Waals surface area contributed by atoms with E-state index in [0.717, 1.165) is 17.7 Å². The maximum atomic E-state index is 14.1. The van der Waals surface area contributed by atoms with Gasteiger partial charge in [-0.05, 0) is 24.5 Å². The fourth-order valence-electron chi connectivity index (χ4n) is 2.51. The van der Waals surface area contributed by atoms with Crippen molar-refractivity contribution in [1.82, 2.24) is 19.8 Å². The minimum atomic E-state index is -1.31. The third kappa shape index (κ3) is 2.36. The van der Waals surface area contributed by atoms with Crippen LogP contribution < -0.4 is 0 Å². The summed E-state index contributed by atoms with van der Waals surface area (Å²) in [5.41, 5.74) is 1.24. The zero-order chi connectivity index (χ0) is 16.9. The fourth-order valence-corrected chi connectivity index (χ4v) is 2.51. The van der Waals surface area contributed by atoms with Crippen LogP contribution in [0.1, 0.15) is 32.0 Å². The fraction of sp³-hybridized carbons (Fsp3) is 0.312. The molecule has 2 heterocycles. The summed E-state index contributed by atoms with van der Waals surface area (Å²) in [6.45, 7) is 7.72. The Balaban J connectivity index is 2.40. The van der Waals surface area contributed by atoms with Crippen LogP contribution in [0.5, 0.6) is 0 Å². The number of aryl methyl sites for hydroxylation is 1. The van der Waals surface area contributed by atoms with Gasteiger partial charge in [0.1, 0.15) is 5.82 Å². The predicted molar refractivity (Wildman–Crippen MR) is 79.5 cm³/mol. The van der Waals surface area contributed by atoms with Crippen LogP contribution in [-0.2, 0) is 5.41 Å². The van der Waals surface area contributed by atoms with Crippen molar-refractivity contribution in [1.29, 1.82) is 0 Å². The molecule has 120 valence electrons. The number of fused-ring (bicyclic) bond motifs is 1. The van der Waals surface area contributed by atoms with Crippen LogP contribution in [0.15, 0.2) is 18.3 Å². The van der Waals surface area contributed by atoms with E-state index in [0.29, 0.717) is 11.2 Å². The highest BCUT2D eigenvalue weighted by Gasteiger charge is 2.25. The highest BCUT2D eigenvalue weighted by atomic mass is 19.2. The Morgan fingerprint density at radius 3 is 2.30 bits per heavy atom. The average molecular weight is 320 g/mol. The van der Waals surface area contributed by atoms with E-state index in [1.54, 1.807) is 13.1 Å². The molecule has 0 spiro atoms. The molecule has 3 rings (SSSR count). The van der Waals surface area contributed by atoms with Gasteiger partial charge in [-0.3, -0.25) is 0 Å². The van der Waals surface area contributed by atoms with Crippen molar-refractivity contribution in [2.75, 3.05) is 0 Å². The second-order valence-corrected chi connectivity index (χ2v) is 6.40. The molecule has 23 heavy (non-hydrogen) atoms. The minimum Gasteiger partial charge on any atom is -0.211 e. The molecule has 0 amide bonds. The number of rotatable bonds is 1. The van der Waals surface area contributed by atoms with Crippen molar-refractivity contribution in [3.63, 3.8) is 0 Å². The molecule has 0 aliphatic carbocycles. The normalized spacial score (nSPS) is 12.1. The smallest absolute Gasteiger partial charge is 0.189 e. The Morgan fingerprint density at radius 2 is 1.65 bits per heavy atom. The topological polar surface area (TPSA) is 43.1 Å². The minimum absolute atomic E-state index is 0.171.